The van der Waals surface area contributed by atoms with Gasteiger partial charge in [0.15, 0.2) is 5.75 Å². The first kappa shape index (κ1) is 21.8. The molecule has 0 aliphatic rings. The van der Waals surface area contributed by atoms with Crippen LogP contribution in [0.25, 0.3) is 27.8 Å². The smallest absolute Gasteiger partial charge is 0.161 e. The van der Waals surface area contributed by atoms with Crippen LogP contribution in [0.3, 0.4) is 0 Å². The molecule has 0 saturated heterocycles. The van der Waals surface area contributed by atoms with E-state index in [9.17, 15) is 0 Å². The van der Waals surface area contributed by atoms with Gasteiger partial charge in [0.1, 0.15) is 18.1 Å². The number of ether oxygens (including phenoxy) is 2. The molecule has 0 amide bonds. The van der Waals surface area contributed by atoms with Gasteiger partial charge in [-0.3, -0.25) is 0 Å². The minimum atomic E-state index is 0.539. The number of benzene rings is 5. The van der Waals surface area contributed by atoms with Crippen LogP contribution >= 0.6 is 0 Å². The van der Waals surface area contributed by atoms with E-state index in [0.29, 0.717) is 6.61 Å². The molecule has 0 saturated carbocycles. The third kappa shape index (κ3) is 4.35. The van der Waals surface area contributed by atoms with E-state index in [2.05, 4.69) is 77.4 Å². The molecule has 174 valence electrons. The van der Waals surface area contributed by atoms with Crippen molar-refractivity contribution in [1.29, 1.82) is 0 Å². The van der Waals surface area contributed by atoms with Crippen LogP contribution < -0.4 is 9.47 Å². The Kier molecular flexibility index (Phi) is 5.95. The molecule has 0 N–H and O–H groups in total. The van der Waals surface area contributed by atoms with Crippen LogP contribution in [0.2, 0.25) is 0 Å². The summed E-state index contributed by atoms with van der Waals surface area (Å²) in [5, 5.41) is 1.06. The Morgan fingerprint density at radius 2 is 1.14 bits per heavy atom. The highest BCUT2D eigenvalue weighted by Gasteiger charge is 2.21. The fourth-order valence-corrected chi connectivity index (χ4v) is 4.48. The molecule has 1 aromatic heterocycles. The molecule has 36 heavy (non-hydrogen) atoms. The number of para-hydroxylation sites is 2. The Labute approximate surface area is 210 Å². The topological polar surface area (TPSA) is 23.4 Å². The highest BCUT2D eigenvalue weighted by atomic mass is 16.5. The summed E-state index contributed by atoms with van der Waals surface area (Å²) in [6, 6.07) is 47.2. The number of rotatable bonds is 7. The van der Waals surface area contributed by atoms with Crippen LogP contribution in [0, 0.1) is 0 Å². The van der Waals surface area contributed by atoms with E-state index in [4.69, 9.17) is 9.47 Å². The number of nitrogens with zero attached hydrogens (tertiary/aromatic N) is 1. The van der Waals surface area contributed by atoms with Gasteiger partial charge in [0, 0.05) is 16.6 Å². The van der Waals surface area contributed by atoms with Gasteiger partial charge >= 0.3 is 0 Å². The second-order valence-corrected chi connectivity index (χ2v) is 8.58. The van der Waals surface area contributed by atoms with Crippen molar-refractivity contribution < 1.29 is 9.47 Å². The molecule has 6 aromatic rings. The van der Waals surface area contributed by atoms with Crippen molar-refractivity contribution >= 4 is 10.9 Å². The van der Waals surface area contributed by atoms with E-state index in [1.165, 1.54) is 0 Å². The second kappa shape index (κ2) is 9.85. The average Bonchev–Trinajstić information content (AvgIpc) is 3.28. The number of aromatic nitrogens is 1. The predicted molar refractivity (Wildman–Crippen MR) is 146 cm³/mol. The van der Waals surface area contributed by atoms with E-state index in [0.717, 1.165) is 50.7 Å². The molecule has 6 rings (SSSR count). The van der Waals surface area contributed by atoms with E-state index in [-0.39, 0.29) is 0 Å². The number of hydrogen-bond acceptors (Lipinski definition) is 2. The molecule has 0 aliphatic carbocycles. The minimum absolute atomic E-state index is 0.539. The van der Waals surface area contributed by atoms with Crippen LogP contribution in [0.1, 0.15) is 5.56 Å². The normalized spacial score (nSPS) is 10.9. The summed E-state index contributed by atoms with van der Waals surface area (Å²) in [7, 11) is 0. The minimum Gasteiger partial charge on any atom is -0.489 e. The summed E-state index contributed by atoms with van der Waals surface area (Å²) in [5.74, 6) is 2.48. The van der Waals surface area contributed by atoms with Crippen molar-refractivity contribution in [2.45, 2.75) is 6.61 Å². The lowest BCUT2D eigenvalue weighted by molar-refractivity contribution is 0.306. The molecule has 3 heteroatoms. The van der Waals surface area contributed by atoms with Gasteiger partial charge in [-0.05, 0) is 54.1 Å². The van der Waals surface area contributed by atoms with Crippen molar-refractivity contribution in [3.05, 3.63) is 145 Å². The van der Waals surface area contributed by atoms with E-state index in [1.807, 2.05) is 66.7 Å². The van der Waals surface area contributed by atoms with Gasteiger partial charge in [0.25, 0.3) is 0 Å². The summed E-state index contributed by atoms with van der Waals surface area (Å²) in [4.78, 5) is 0. The fourth-order valence-electron chi connectivity index (χ4n) is 4.48. The van der Waals surface area contributed by atoms with Crippen LogP contribution in [0.4, 0.5) is 0 Å². The van der Waals surface area contributed by atoms with Crippen molar-refractivity contribution in [2.75, 3.05) is 0 Å². The first-order valence-corrected chi connectivity index (χ1v) is 12.1. The predicted octanol–water partition coefficient (Wildman–Crippen LogP) is 8.67. The zero-order valence-corrected chi connectivity index (χ0v) is 19.7. The van der Waals surface area contributed by atoms with Gasteiger partial charge in [0.05, 0.1) is 11.2 Å². The standard InChI is InChI=1S/C33H25NO2/c1-4-12-25(13-5-1)24-35-28-22-20-27(21-23-28)34-31-19-11-10-18-30(31)33(36-29-16-8-3-9-17-29)32(34)26-14-6-2-7-15-26/h1-23H,24H2. The van der Waals surface area contributed by atoms with E-state index >= 15 is 0 Å². The Bertz CT molecular complexity index is 1570. The maximum atomic E-state index is 6.55. The van der Waals surface area contributed by atoms with Crippen molar-refractivity contribution in [1.82, 2.24) is 4.57 Å². The van der Waals surface area contributed by atoms with Crippen LogP contribution in [0.15, 0.2) is 140 Å². The van der Waals surface area contributed by atoms with E-state index in [1.54, 1.807) is 0 Å². The molecule has 0 bridgehead atoms. The van der Waals surface area contributed by atoms with Gasteiger partial charge < -0.3 is 14.0 Å². The first-order valence-electron chi connectivity index (χ1n) is 12.1. The fraction of sp³-hybridized carbons (Fsp3) is 0.0303. The lowest BCUT2D eigenvalue weighted by Gasteiger charge is -2.14. The summed E-state index contributed by atoms with van der Waals surface area (Å²) < 4.78 is 14.8. The third-order valence-corrected chi connectivity index (χ3v) is 6.18. The molecular weight excluding hydrogens is 442 g/mol. The Morgan fingerprint density at radius 3 is 1.86 bits per heavy atom. The summed E-state index contributed by atoms with van der Waals surface area (Å²) >= 11 is 0. The monoisotopic (exact) mass is 467 g/mol. The quantitative estimate of drug-likeness (QED) is 0.234. The molecule has 3 nitrogen and oxygen atoms in total. The van der Waals surface area contributed by atoms with Crippen molar-refractivity contribution in [3.63, 3.8) is 0 Å². The highest BCUT2D eigenvalue weighted by Crippen LogP contribution is 2.44. The highest BCUT2D eigenvalue weighted by molar-refractivity contribution is 5.97. The molecule has 0 fully saturated rings. The Balaban J connectivity index is 1.45. The third-order valence-electron chi connectivity index (χ3n) is 6.18. The molecule has 0 spiro atoms. The zero-order valence-electron chi connectivity index (χ0n) is 19.7. The lowest BCUT2D eigenvalue weighted by Crippen LogP contribution is -1.99. The van der Waals surface area contributed by atoms with Crippen molar-refractivity contribution in [3.8, 4) is 34.2 Å². The van der Waals surface area contributed by atoms with Crippen LogP contribution in [-0.4, -0.2) is 4.57 Å². The molecule has 0 aliphatic heterocycles. The maximum absolute atomic E-state index is 6.55. The van der Waals surface area contributed by atoms with Crippen LogP contribution in [-0.2, 0) is 6.61 Å². The lowest BCUT2D eigenvalue weighted by atomic mass is 10.1. The van der Waals surface area contributed by atoms with Gasteiger partial charge in [0.2, 0.25) is 0 Å². The molecular formula is C33H25NO2. The van der Waals surface area contributed by atoms with E-state index < -0.39 is 0 Å². The van der Waals surface area contributed by atoms with Gasteiger partial charge in [-0.1, -0.05) is 91.0 Å². The molecule has 1 heterocycles. The molecule has 0 radical (unpaired) electrons. The van der Waals surface area contributed by atoms with Gasteiger partial charge in [-0.15, -0.1) is 0 Å². The average molecular weight is 468 g/mol. The maximum Gasteiger partial charge on any atom is 0.161 e. The molecule has 0 unspecified atom stereocenters. The largest absolute Gasteiger partial charge is 0.489 e. The van der Waals surface area contributed by atoms with Gasteiger partial charge in [-0.2, -0.15) is 0 Å². The second-order valence-electron chi connectivity index (χ2n) is 8.58. The molecule has 5 aromatic carbocycles. The summed E-state index contributed by atoms with van der Waals surface area (Å²) in [6.45, 7) is 0.539. The Morgan fingerprint density at radius 1 is 0.528 bits per heavy atom. The van der Waals surface area contributed by atoms with Crippen LogP contribution in [0.5, 0.6) is 17.2 Å². The first-order chi connectivity index (χ1) is 17.9. The zero-order chi connectivity index (χ0) is 24.2. The molecule has 0 atom stereocenters. The SMILES string of the molecule is c1ccc(COc2ccc(-n3c(-c4ccccc4)c(Oc4ccccc4)c4ccccc43)cc2)cc1. The Hall–Kier alpha value is -4.76. The summed E-state index contributed by atoms with van der Waals surface area (Å²) in [6.07, 6.45) is 0. The van der Waals surface area contributed by atoms with Gasteiger partial charge in [-0.25, -0.2) is 0 Å². The summed E-state index contributed by atoms with van der Waals surface area (Å²) in [5.41, 5.74) is 5.37. The number of hydrogen-bond donors (Lipinski definition) is 0. The van der Waals surface area contributed by atoms with Crippen molar-refractivity contribution in [2.24, 2.45) is 0 Å². The number of fused-ring (bicyclic) bond motifs is 1.